The van der Waals surface area contributed by atoms with E-state index in [1.54, 1.807) is 6.07 Å². The molecular formula is C17H26N2O2. The minimum Gasteiger partial charge on any atom is -0.494 e. The van der Waals surface area contributed by atoms with Gasteiger partial charge >= 0.3 is 0 Å². The van der Waals surface area contributed by atoms with Crippen molar-refractivity contribution in [3.63, 3.8) is 0 Å². The predicted octanol–water partition coefficient (Wildman–Crippen LogP) is 2.72. The molecule has 1 amide bonds. The third-order valence-corrected chi connectivity index (χ3v) is 4.11. The molecule has 1 unspecified atom stereocenters. The number of rotatable bonds is 7. The van der Waals surface area contributed by atoms with Crippen LogP contribution < -0.4 is 15.8 Å². The molecule has 4 nitrogen and oxygen atoms in total. The zero-order valence-electron chi connectivity index (χ0n) is 12.8. The molecule has 3 N–H and O–H groups in total. The van der Waals surface area contributed by atoms with Crippen molar-refractivity contribution < 1.29 is 9.53 Å². The molecular weight excluding hydrogens is 264 g/mol. The van der Waals surface area contributed by atoms with Gasteiger partial charge in [-0.15, -0.1) is 0 Å². The van der Waals surface area contributed by atoms with Gasteiger partial charge in [0.1, 0.15) is 5.75 Å². The zero-order valence-corrected chi connectivity index (χ0v) is 12.8. The van der Waals surface area contributed by atoms with Crippen LogP contribution in [0.5, 0.6) is 5.75 Å². The second-order valence-corrected chi connectivity index (χ2v) is 5.74. The van der Waals surface area contributed by atoms with E-state index in [2.05, 4.69) is 12.2 Å². The summed E-state index contributed by atoms with van der Waals surface area (Å²) in [5.74, 6) is 1.22. The largest absolute Gasteiger partial charge is 0.494 e. The van der Waals surface area contributed by atoms with Gasteiger partial charge in [-0.1, -0.05) is 25.8 Å². The van der Waals surface area contributed by atoms with Gasteiger partial charge in [-0.25, -0.2) is 0 Å². The summed E-state index contributed by atoms with van der Waals surface area (Å²) in [7, 11) is 0. The van der Waals surface area contributed by atoms with Crippen LogP contribution >= 0.6 is 0 Å². The van der Waals surface area contributed by atoms with E-state index in [1.165, 1.54) is 25.7 Å². The molecule has 1 atom stereocenters. The van der Waals surface area contributed by atoms with E-state index in [1.807, 2.05) is 18.2 Å². The van der Waals surface area contributed by atoms with Crippen molar-refractivity contribution in [3.05, 3.63) is 29.8 Å². The number of ether oxygens (including phenoxy) is 1. The van der Waals surface area contributed by atoms with Gasteiger partial charge in [0, 0.05) is 18.2 Å². The number of hydrogen-bond acceptors (Lipinski definition) is 3. The molecule has 0 saturated heterocycles. The van der Waals surface area contributed by atoms with E-state index in [9.17, 15) is 4.79 Å². The van der Waals surface area contributed by atoms with Gasteiger partial charge in [0.15, 0.2) is 0 Å². The van der Waals surface area contributed by atoms with Gasteiger partial charge in [0.05, 0.1) is 6.61 Å². The molecule has 4 heteroatoms. The fourth-order valence-corrected chi connectivity index (χ4v) is 2.93. The van der Waals surface area contributed by atoms with Gasteiger partial charge in [0.25, 0.3) is 5.91 Å². The normalized spacial score (nSPS) is 16.7. The van der Waals surface area contributed by atoms with Crippen molar-refractivity contribution in [2.45, 2.75) is 45.1 Å². The first-order chi connectivity index (χ1) is 10.2. The van der Waals surface area contributed by atoms with Crippen molar-refractivity contribution in [2.24, 2.45) is 11.7 Å². The molecule has 21 heavy (non-hydrogen) atoms. The Morgan fingerprint density at radius 1 is 1.43 bits per heavy atom. The Morgan fingerprint density at radius 2 is 2.19 bits per heavy atom. The van der Waals surface area contributed by atoms with Crippen molar-refractivity contribution in [3.8, 4) is 5.75 Å². The third kappa shape index (κ3) is 4.46. The Balaban J connectivity index is 1.98. The first-order valence-electron chi connectivity index (χ1n) is 7.98. The number of carbonyl (C=O) groups is 1. The fourth-order valence-electron chi connectivity index (χ4n) is 2.93. The summed E-state index contributed by atoms with van der Waals surface area (Å²) >= 11 is 0. The smallest absolute Gasteiger partial charge is 0.251 e. The van der Waals surface area contributed by atoms with E-state index in [4.69, 9.17) is 10.5 Å². The van der Waals surface area contributed by atoms with Gasteiger partial charge in [-0.2, -0.15) is 0 Å². The van der Waals surface area contributed by atoms with E-state index in [0.717, 1.165) is 12.2 Å². The van der Waals surface area contributed by atoms with Crippen molar-refractivity contribution in [1.29, 1.82) is 0 Å². The van der Waals surface area contributed by atoms with Crippen molar-refractivity contribution in [1.82, 2.24) is 5.32 Å². The average Bonchev–Trinajstić information content (AvgIpc) is 3.04. The van der Waals surface area contributed by atoms with E-state index < -0.39 is 0 Å². The highest BCUT2D eigenvalue weighted by Gasteiger charge is 2.25. The highest BCUT2D eigenvalue weighted by atomic mass is 16.5. The summed E-state index contributed by atoms with van der Waals surface area (Å²) in [5, 5.41) is 3.09. The Hall–Kier alpha value is -1.55. The topological polar surface area (TPSA) is 64.3 Å². The van der Waals surface area contributed by atoms with E-state index in [-0.39, 0.29) is 11.9 Å². The molecule has 0 aliphatic heterocycles. The van der Waals surface area contributed by atoms with Crippen LogP contribution in [0.2, 0.25) is 0 Å². The molecule has 0 bridgehead atoms. The summed E-state index contributed by atoms with van der Waals surface area (Å²) < 4.78 is 5.57. The summed E-state index contributed by atoms with van der Waals surface area (Å²) in [6.07, 6.45) is 5.78. The SMILES string of the molecule is CCCOc1cccc(C(=O)NC(CN)C2CCCC2)c1. The summed E-state index contributed by atoms with van der Waals surface area (Å²) in [4.78, 5) is 12.4. The number of hydrogen-bond donors (Lipinski definition) is 2. The van der Waals surface area contributed by atoms with Crippen LogP contribution in [0.15, 0.2) is 24.3 Å². The highest BCUT2D eigenvalue weighted by molar-refractivity contribution is 5.94. The third-order valence-electron chi connectivity index (χ3n) is 4.11. The molecule has 0 spiro atoms. The van der Waals surface area contributed by atoms with Crippen molar-refractivity contribution >= 4 is 5.91 Å². The first-order valence-corrected chi connectivity index (χ1v) is 7.98. The quantitative estimate of drug-likeness (QED) is 0.811. The van der Waals surface area contributed by atoms with Crippen LogP contribution in [0.4, 0.5) is 0 Å². The fraction of sp³-hybridized carbons (Fsp3) is 0.588. The molecule has 0 aromatic heterocycles. The van der Waals surface area contributed by atoms with E-state index in [0.29, 0.717) is 24.6 Å². The molecule has 0 heterocycles. The highest BCUT2D eigenvalue weighted by Crippen LogP contribution is 2.27. The van der Waals surface area contributed by atoms with Crippen molar-refractivity contribution in [2.75, 3.05) is 13.2 Å². The van der Waals surface area contributed by atoms with Gasteiger partial charge in [-0.05, 0) is 43.4 Å². The van der Waals surface area contributed by atoms with Gasteiger partial charge in [-0.3, -0.25) is 4.79 Å². The average molecular weight is 290 g/mol. The molecule has 1 saturated carbocycles. The van der Waals surface area contributed by atoms with E-state index >= 15 is 0 Å². The Kier molecular flexibility index (Phi) is 6.05. The number of amides is 1. The van der Waals surface area contributed by atoms with Crippen LogP contribution in [0.25, 0.3) is 0 Å². The Labute approximate surface area is 127 Å². The molecule has 2 rings (SSSR count). The molecule has 1 aliphatic carbocycles. The number of benzene rings is 1. The standard InChI is InChI=1S/C17H26N2O2/c1-2-10-21-15-9-5-8-14(11-15)17(20)19-16(12-18)13-6-3-4-7-13/h5,8-9,11,13,16H,2-4,6-7,10,12,18H2,1H3,(H,19,20). The molecule has 116 valence electrons. The van der Waals surface area contributed by atoms with Crippen LogP contribution in [0, 0.1) is 5.92 Å². The van der Waals surface area contributed by atoms with Crippen LogP contribution in [0.3, 0.4) is 0 Å². The minimum atomic E-state index is -0.0562. The second kappa shape index (κ2) is 8.03. The molecule has 1 aromatic rings. The maximum absolute atomic E-state index is 12.4. The van der Waals surface area contributed by atoms with Crippen LogP contribution in [-0.2, 0) is 0 Å². The molecule has 1 aromatic carbocycles. The Morgan fingerprint density at radius 3 is 2.86 bits per heavy atom. The number of carbonyl (C=O) groups excluding carboxylic acids is 1. The first kappa shape index (κ1) is 15.8. The lowest BCUT2D eigenvalue weighted by atomic mass is 9.98. The Bertz CT molecular complexity index is 456. The monoisotopic (exact) mass is 290 g/mol. The zero-order chi connectivity index (χ0) is 15.1. The van der Waals surface area contributed by atoms with Gasteiger partial charge in [0.2, 0.25) is 0 Å². The summed E-state index contributed by atoms with van der Waals surface area (Å²) in [5.41, 5.74) is 6.47. The van der Waals surface area contributed by atoms with Crippen LogP contribution in [-0.4, -0.2) is 25.1 Å². The van der Waals surface area contributed by atoms with Crippen LogP contribution in [0.1, 0.15) is 49.4 Å². The molecule has 0 radical (unpaired) electrons. The van der Waals surface area contributed by atoms with Gasteiger partial charge < -0.3 is 15.8 Å². The lowest BCUT2D eigenvalue weighted by Gasteiger charge is -2.23. The maximum atomic E-state index is 12.4. The lowest BCUT2D eigenvalue weighted by Crippen LogP contribution is -2.44. The lowest BCUT2D eigenvalue weighted by molar-refractivity contribution is 0.0923. The number of nitrogens with two attached hydrogens (primary N) is 1. The minimum absolute atomic E-state index is 0.0562. The molecule has 1 fully saturated rings. The summed E-state index contributed by atoms with van der Waals surface area (Å²) in [6, 6.07) is 7.43. The second-order valence-electron chi connectivity index (χ2n) is 5.74. The summed E-state index contributed by atoms with van der Waals surface area (Å²) in [6.45, 7) is 3.23. The maximum Gasteiger partial charge on any atom is 0.251 e. The predicted molar refractivity (Wildman–Crippen MR) is 84.5 cm³/mol. The molecule has 1 aliphatic rings. The number of nitrogens with one attached hydrogen (secondary N) is 1.